The van der Waals surface area contributed by atoms with E-state index in [-0.39, 0.29) is 5.82 Å². The molecule has 0 spiro atoms. The van der Waals surface area contributed by atoms with Gasteiger partial charge in [-0.1, -0.05) is 0 Å². The largest absolute Gasteiger partial charge is 0.290 e. The molecular formula is C4H3N5OS. The average molecular weight is 169 g/mol. The van der Waals surface area contributed by atoms with Crippen LogP contribution in [0.1, 0.15) is 0 Å². The van der Waals surface area contributed by atoms with Crippen molar-refractivity contribution in [2.45, 2.75) is 0 Å². The number of rotatable bonds is 1. The van der Waals surface area contributed by atoms with Crippen LogP contribution in [0.5, 0.6) is 0 Å². The molecule has 56 valence electrons. The predicted octanol–water partition coefficient (Wildman–Crippen LogP) is 0.282. The van der Waals surface area contributed by atoms with Crippen LogP contribution in [0.2, 0.25) is 0 Å². The van der Waals surface area contributed by atoms with E-state index in [1.807, 2.05) is 5.48 Å². The Balaban J connectivity index is 2.79. The number of anilines is 1. The number of aromatic nitrogens is 4. The van der Waals surface area contributed by atoms with Crippen molar-refractivity contribution in [1.29, 1.82) is 0 Å². The Labute approximate surface area is 65.2 Å². The summed E-state index contributed by atoms with van der Waals surface area (Å²) in [5.41, 5.74) is 2.88. The van der Waals surface area contributed by atoms with Gasteiger partial charge in [-0.15, -0.1) is 0 Å². The maximum absolute atomic E-state index is 8.55. The molecule has 0 aliphatic heterocycles. The summed E-state index contributed by atoms with van der Waals surface area (Å²) >= 11 is 1.03. The summed E-state index contributed by atoms with van der Waals surface area (Å²) < 4.78 is 7.73. The molecule has 2 aromatic heterocycles. The van der Waals surface area contributed by atoms with Gasteiger partial charge in [-0.25, -0.2) is 9.97 Å². The van der Waals surface area contributed by atoms with E-state index in [1.54, 1.807) is 0 Å². The molecule has 2 aromatic rings. The zero-order valence-corrected chi connectivity index (χ0v) is 6.04. The summed E-state index contributed by atoms with van der Waals surface area (Å²) in [4.78, 5) is 7.55. The van der Waals surface area contributed by atoms with Gasteiger partial charge in [0.25, 0.3) is 0 Å². The van der Waals surface area contributed by atoms with Crippen molar-refractivity contribution in [1.82, 2.24) is 18.7 Å². The van der Waals surface area contributed by atoms with Crippen molar-refractivity contribution < 1.29 is 5.21 Å². The van der Waals surface area contributed by atoms with Gasteiger partial charge in [-0.05, 0) is 0 Å². The molecule has 0 amide bonds. The molecule has 0 radical (unpaired) electrons. The number of nitrogens with zero attached hydrogens (tertiary/aromatic N) is 4. The van der Waals surface area contributed by atoms with E-state index in [9.17, 15) is 0 Å². The van der Waals surface area contributed by atoms with Gasteiger partial charge >= 0.3 is 0 Å². The first-order chi connectivity index (χ1) is 5.42. The van der Waals surface area contributed by atoms with Crippen LogP contribution in [0, 0.1) is 0 Å². The van der Waals surface area contributed by atoms with E-state index in [4.69, 9.17) is 5.21 Å². The van der Waals surface area contributed by atoms with Crippen LogP contribution in [-0.2, 0) is 0 Å². The van der Waals surface area contributed by atoms with Gasteiger partial charge in [-0.3, -0.25) is 10.7 Å². The summed E-state index contributed by atoms with van der Waals surface area (Å²) in [5, 5.41) is 8.55. The minimum absolute atomic E-state index is 0.281. The fourth-order valence-corrected chi connectivity index (χ4v) is 1.20. The van der Waals surface area contributed by atoms with Gasteiger partial charge in [0.2, 0.25) is 0 Å². The molecule has 0 saturated heterocycles. The maximum Gasteiger partial charge on any atom is 0.198 e. The fourth-order valence-electron chi connectivity index (χ4n) is 0.702. The summed E-state index contributed by atoms with van der Waals surface area (Å²) in [6, 6.07) is 0. The molecule has 11 heavy (non-hydrogen) atoms. The van der Waals surface area contributed by atoms with Crippen molar-refractivity contribution in [3.63, 3.8) is 0 Å². The van der Waals surface area contributed by atoms with Crippen molar-refractivity contribution >= 4 is 28.7 Å². The highest BCUT2D eigenvalue weighted by molar-refractivity contribution is 7.00. The molecule has 0 bridgehead atoms. The molecule has 0 saturated carbocycles. The topological polar surface area (TPSA) is 83.8 Å². The van der Waals surface area contributed by atoms with Gasteiger partial charge in [0.1, 0.15) is 6.33 Å². The molecule has 2 N–H and O–H groups in total. The highest BCUT2D eigenvalue weighted by Crippen LogP contribution is 2.14. The van der Waals surface area contributed by atoms with E-state index in [2.05, 4.69) is 18.7 Å². The Morgan fingerprint density at radius 1 is 1.36 bits per heavy atom. The van der Waals surface area contributed by atoms with Crippen molar-refractivity contribution in [2.75, 3.05) is 5.48 Å². The molecule has 2 heterocycles. The third kappa shape index (κ3) is 0.900. The van der Waals surface area contributed by atoms with Crippen LogP contribution in [0.15, 0.2) is 6.33 Å². The van der Waals surface area contributed by atoms with Crippen LogP contribution < -0.4 is 5.48 Å². The Kier molecular flexibility index (Phi) is 1.37. The first-order valence-electron chi connectivity index (χ1n) is 2.75. The maximum atomic E-state index is 8.55. The first-order valence-corrected chi connectivity index (χ1v) is 3.48. The summed E-state index contributed by atoms with van der Waals surface area (Å²) in [6.07, 6.45) is 1.31. The highest BCUT2D eigenvalue weighted by Gasteiger charge is 2.04. The average Bonchev–Trinajstić information content (AvgIpc) is 2.50. The second kappa shape index (κ2) is 2.36. The molecule has 0 unspecified atom stereocenters. The van der Waals surface area contributed by atoms with Gasteiger partial charge < -0.3 is 0 Å². The minimum Gasteiger partial charge on any atom is -0.290 e. The highest BCUT2D eigenvalue weighted by atomic mass is 32.1. The van der Waals surface area contributed by atoms with Crippen LogP contribution in [0.4, 0.5) is 5.82 Å². The monoisotopic (exact) mass is 169 g/mol. The normalized spacial score (nSPS) is 10.3. The van der Waals surface area contributed by atoms with Gasteiger partial charge in [0.05, 0.1) is 11.7 Å². The van der Waals surface area contributed by atoms with Crippen molar-refractivity contribution in [3.8, 4) is 0 Å². The lowest BCUT2D eigenvalue weighted by molar-refractivity contribution is 0.386. The molecule has 0 atom stereocenters. The van der Waals surface area contributed by atoms with Gasteiger partial charge in [0.15, 0.2) is 17.0 Å². The van der Waals surface area contributed by atoms with E-state index >= 15 is 0 Å². The molecule has 7 heteroatoms. The lowest BCUT2D eigenvalue weighted by atomic mass is 10.5. The smallest absolute Gasteiger partial charge is 0.198 e. The lowest BCUT2D eigenvalue weighted by Crippen LogP contribution is -1.94. The third-order valence-corrected chi connectivity index (χ3v) is 1.69. The van der Waals surface area contributed by atoms with Gasteiger partial charge in [-0.2, -0.15) is 8.75 Å². The number of fused-ring (bicyclic) bond motifs is 1. The van der Waals surface area contributed by atoms with E-state index in [0.717, 1.165) is 11.7 Å². The molecule has 0 aliphatic carbocycles. The Hall–Kier alpha value is -1.34. The zero-order valence-electron chi connectivity index (χ0n) is 5.22. The third-order valence-electron chi connectivity index (χ3n) is 1.17. The van der Waals surface area contributed by atoms with Crippen molar-refractivity contribution in [2.24, 2.45) is 0 Å². The van der Waals surface area contributed by atoms with Crippen LogP contribution in [0.25, 0.3) is 11.2 Å². The number of nitrogens with one attached hydrogen (secondary N) is 1. The Morgan fingerprint density at radius 2 is 2.27 bits per heavy atom. The Morgan fingerprint density at radius 3 is 3.09 bits per heavy atom. The van der Waals surface area contributed by atoms with Gasteiger partial charge in [0, 0.05) is 0 Å². The first kappa shape index (κ1) is 6.38. The van der Waals surface area contributed by atoms with Crippen molar-refractivity contribution in [3.05, 3.63) is 6.33 Å². The molecular weight excluding hydrogens is 166 g/mol. The van der Waals surface area contributed by atoms with Crippen LogP contribution in [-0.4, -0.2) is 23.9 Å². The predicted molar refractivity (Wildman–Crippen MR) is 38.4 cm³/mol. The van der Waals surface area contributed by atoms with E-state index < -0.39 is 0 Å². The summed E-state index contributed by atoms with van der Waals surface area (Å²) in [7, 11) is 0. The zero-order chi connectivity index (χ0) is 7.68. The van der Waals surface area contributed by atoms with Crippen LogP contribution in [0.3, 0.4) is 0 Å². The quantitative estimate of drug-likeness (QED) is 0.596. The lowest BCUT2D eigenvalue weighted by Gasteiger charge is -1.93. The van der Waals surface area contributed by atoms with E-state index in [0.29, 0.717) is 11.2 Å². The summed E-state index contributed by atoms with van der Waals surface area (Å²) in [5.74, 6) is 0.281. The molecule has 6 nitrogen and oxygen atoms in total. The number of hydrogen-bond acceptors (Lipinski definition) is 7. The van der Waals surface area contributed by atoms with E-state index in [1.165, 1.54) is 6.33 Å². The SMILES string of the molecule is ONc1ncnc2nsnc12. The Bertz CT molecular complexity index is 373. The second-order valence-corrected chi connectivity index (χ2v) is 2.30. The molecule has 0 aliphatic rings. The minimum atomic E-state index is 0.281. The molecule has 0 fully saturated rings. The standard InChI is InChI=1S/C4H3N5OS/c10-7-3-2-4(6-1-5-3)9-11-8-2/h1,10H,(H,5,6,7,9). The fraction of sp³-hybridized carbons (Fsp3) is 0. The molecule has 0 aromatic carbocycles. The second-order valence-electron chi connectivity index (χ2n) is 1.77. The number of hydrogen-bond donors (Lipinski definition) is 2. The van der Waals surface area contributed by atoms with Crippen LogP contribution >= 0.6 is 11.7 Å². The molecule has 2 rings (SSSR count). The summed E-state index contributed by atoms with van der Waals surface area (Å²) in [6.45, 7) is 0.